The number of aromatic carboxylic acids is 1. The summed E-state index contributed by atoms with van der Waals surface area (Å²) in [6.45, 7) is 0.582. The van der Waals surface area contributed by atoms with Crippen LogP contribution in [0.2, 0.25) is 5.02 Å². The van der Waals surface area contributed by atoms with E-state index in [-0.39, 0.29) is 16.5 Å². The molecule has 1 saturated heterocycles. The van der Waals surface area contributed by atoms with Crippen LogP contribution in [0.5, 0.6) is 0 Å². The Morgan fingerprint density at radius 2 is 2.22 bits per heavy atom. The second-order valence-corrected chi connectivity index (χ2v) is 4.40. The molecule has 2 N–H and O–H groups in total. The van der Waals surface area contributed by atoms with E-state index in [0.717, 1.165) is 6.42 Å². The highest BCUT2D eigenvalue weighted by Gasteiger charge is 2.23. The lowest BCUT2D eigenvalue weighted by atomic mass is 10.2. The molecule has 2 rings (SSSR count). The molecule has 0 aromatic heterocycles. The summed E-state index contributed by atoms with van der Waals surface area (Å²) in [5.41, 5.74) is 0.360. The molecule has 1 amide bonds. The topological polar surface area (TPSA) is 75.6 Å². The molecule has 0 saturated carbocycles. The molecule has 96 valence electrons. The van der Waals surface area contributed by atoms with Gasteiger partial charge in [0, 0.05) is 12.3 Å². The number of carboxylic acid groups (broad SMARTS) is 1. The third-order valence-corrected chi connectivity index (χ3v) is 3.02. The number of nitrogens with one attached hydrogen (secondary N) is 1. The van der Waals surface area contributed by atoms with Crippen molar-refractivity contribution in [2.45, 2.75) is 18.9 Å². The molecule has 1 aromatic rings. The van der Waals surface area contributed by atoms with E-state index in [0.29, 0.717) is 18.7 Å². The van der Waals surface area contributed by atoms with Gasteiger partial charge in [-0.15, -0.1) is 0 Å². The van der Waals surface area contributed by atoms with Gasteiger partial charge in [-0.05, 0) is 31.0 Å². The molecule has 1 heterocycles. The maximum absolute atomic E-state index is 11.8. The minimum atomic E-state index is -1.13. The summed E-state index contributed by atoms with van der Waals surface area (Å²) in [6, 6.07) is 4.33. The zero-order chi connectivity index (χ0) is 13.1. The zero-order valence-electron chi connectivity index (χ0n) is 9.48. The first-order valence-corrected chi connectivity index (χ1v) is 5.91. The largest absolute Gasteiger partial charge is 0.478 e. The number of halogens is 1. The van der Waals surface area contributed by atoms with Gasteiger partial charge in [-0.25, -0.2) is 4.79 Å². The van der Waals surface area contributed by atoms with E-state index >= 15 is 0 Å². The van der Waals surface area contributed by atoms with E-state index in [4.69, 9.17) is 21.4 Å². The molecule has 0 bridgehead atoms. The summed E-state index contributed by atoms with van der Waals surface area (Å²) in [5.74, 6) is -1.39. The number of hydrogen-bond acceptors (Lipinski definition) is 3. The highest BCUT2D eigenvalue weighted by molar-refractivity contribution is 6.33. The number of carbonyl (C=O) groups is 2. The van der Waals surface area contributed by atoms with Crippen LogP contribution in [0.3, 0.4) is 0 Å². The predicted molar refractivity (Wildman–Crippen MR) is 66.0 cm³/mol. The molecule has 0 aliphatic carbocycles. The van der Waals surface area contributed by atoms with Crippen molar-refractivity contribution >= 4 is 29.2 Å². The fraction of sp³-hybridized carbons (Fsp3) is 0.333. The molecular formula is C12H12ClNO4. The molecule has 1 aromatic carbocycles. The van der Waals surface area contributed by atoms with Gasteiger partial charge in [0.25, 0.3) is 5.91 Å². The summed E-state index contributed by atoms with van der Waals surface area (Å²) in [6.07, 6.45) is 1.10. The van der Waals surface area contributed by atoms with E-state index in [1.54, 1.807) is 6.07 Å². The van der Waals surface area contributed by atoms with Crippen molar-refractivity contribution in [3.8, 4) is 0 Å². The quantitative estimate of drug-likeness (QED) is 0.882. The summed E-state index contributed by atoms with van der Waals surface area (Å²) in [4.78, 5) is 22.7. The number of anilines is 1. The Labute approximate surface area is 109 Å². The Balaban J connectivity index is 2.11. The SMILES string of the molecule is O=C(O)c1cc(NC(=O)C2CCCO2)ccc1Cl. The summed E-state index contributed by atoms with van der Waals surface area (Å²) in [7, 11) is 0. The Morgan fingerprint density at radius 3 is 2.83 bits per heavy atom. The second-order valence-electron chi connectivity index (χ2n) is 3.99. The van der Waals surface area contributed by atoms with Gasteiger partial charge in [-0.1, -0.05) is 11.6 Å². The molecule has 1 aliphatic heterocycles. The maximum atomic E-state index is 11.8. The lowest BCUT2D eigenvalue weighted by Gasteiger charge is -2.11. The molecule has 1 aliphatic rings. The highest BCUT2D eigenvalue weighted by atomic mass is 35.5. The molecule has 5 nitrogen and oxygen atoms in total. The lowest BCUT2D eigenvalue weighted by molar-refractivity contribution is -0.124. The fourth-order valence-electron chi connectivity index (χ4n) is 1.77. The van der Waals surface area contributed by atoms with Crippen molar-refractivity contribution in [3.05, 3.63) is 28.8 Å². The van der Waals surface area contributed by atoms with Gasteiger partial charge in [0.2, 0.25) is 0 Å². The molecule has 1 fully saturated rings. The van der Waals surface area contributed by atoms with Crippen LogP contribution in [0.15, 0.2) is 18.2 Å². The van der Waals surface area contributed by atoms with Gasteiger partial charge in [-0.3, -0.25) is 4.79 Å². The normalized spacial score (nSPS) is 18.6. The van der Waals surface area contributed by atoms with Crippen LogP contribution < -0.4 is 5.32 Å². The van der Waals surface area contributed by atoms with Gasteiger partial charge >= 0.3 is 5.97 Å². The average Bonchev–Trinajstić information content (AvgIpc) is 2.85. The Hall–Kier alpha value is -1.59. The van der Waals surface area contributed by atoms with Crippen molar-refractivity contribution in [3.63, 3.8) is 0 Å². The summed E-state index contributed by atoms with van der Waals surface area (Å²) < 4.78 is 5.23. The standard InChI is InChI=1S/C12H12ClNO4/c13-9-4-3-7(6-8(9)12(16)17)14-11(15)10-2-1-5-18-10/h3-4,6,10H,1-2,5H2,(H,14,15)(H,16,17). The van der Waals surface area contributed by atoms with E-state index in [2.05, 4.69) is 5.32 Å². The minimum absolute atomic E-state index is 0.0400. The van der Waals surface area contributed by atoms with Gasteiger partial charge in [0.15, 0.2) is 0 Å². The van der Waals surface area contributed by atoms with E-state index in [9.17, 15) is 9.59 Å². The minimum Gasteiger partial charge on any atom is -0.478 e. The number of carbonyl (C=O) groups excluding carboxylic acids is 1. The maximum Gasteiger partial charge on any atom is 0.337 e. The molecular weight excluding hydrogens is 258 g/mol. The Morgan fingerprint density at radius 1 is 1.44 bits per heavy atom. The van der Waals surface area contributed by atoms with Crippen LogP contribution in [0.4, 0.5) is 5.69 Å². The fourth-order valence-corrected chi connectivity index (χ4v) is 1.97. The number of ether oxygens (including phenoxy) is 1. The number of benzene rings is 1. The Bertz CT molecular complexity index is 483. The number of carboxylic acids is 1. The van der Waals surface area contributed by atoms with Crippen LogP contribution in [0.25, 0.3) is 0 Å². The van der Waals surface area contributed by atoms with E-state index in [1.165, 1.54) is 12.1 Å². The third kappa shape index (κ3) is 2.80. The van der Waals surface area contributed by atoms with Gasteiger partial charge in [0.1, 0.15) is 6.10 Å². The van der Waals surface area contributed by atoms with Crippen molar-refractivity contribution in [2.24, 2.45) is 0 Å². The van der Waals surface area contributed by atoms with Crippen LogP contribution in [0, 0.1) is 0 Å². The number of hydrogen-bond donors (Lipinski definition) is 2. The molecule has 18 heavy (non-hydrogen) atoms. The molecule has 0 radical (unpaired) electrons. The van der Waals surface area contributed by atoms with Crippen LogP contribution in [0.1, 0.15) is 23.2 Å². The molecule has 1 atom stereocenters. The van der Waals surface area contributed by atoms with Crippen molar-refractivity contribution in [2.75, 3.05) is 11.9 Å². The van der Waals surface area contributed by atoms with Gasteiger partial charge in [0.05, 0.1) is 10.6 Å². The van der Waals surface area contributed by atoms with Crippen molar-refractivity contribution in [1.29, 1.82) is 0 Å². The lowest BCUT2D eigenvalue weighted by Crippen LogP contribution is -2.26. The first kappa shape index (κ1) is 12.9. The smallest absolute Gasteiger partial charge is 0.337 e. The highest BCUT2D eigenvalue weighted by Crippen LogP contribution is 2.21. The van der Waals surface area contributed by atoms with E-state index < -0.39 is 12.1 Å². The zero-order valence-corrected chi connectivity index (χ0v) is 10.2. The van der Waals surface area contributed by atoms with Gasteiger partial charge < -0.3 is 15.2 Å². The first-order valence-electron chi connectivity index (χ1n) is 5.53. The average molecular weight is 270 g/mol. The molecule has 1 unspecified atom stereocenters. The number of amides is 1. The van der Waals surface area contributed by atoms with Crippen LogP contribution >= 0.6 is 11.6 Å². The summed E-state index contributed by atoms with van der Waals surface area (Å²) >= 11 is 5.74. The van der Waals surface area contributed by atoms with Crippen molar-refractivity contribution < 1.29 is 19.4 Å². The second kappa shape index (κ2) is 5.37. The van der Waals surface area contributed by atoms with Gasteiger partial charge in [-0.2, -0.15) is 0 Å². The monoisotopic (exact) mass is 269 g/mol. The summed E-state index contributed by atoms with van der Waals surface area (Å²) in [5, 5.41) is 11.7. The van der Waals surface area contributed by atoms with Crippen LogP contribution in [-0.2, 0) is 9.53 Å². The Kier molecular flexibility index (Phi) is 3.84. The predicted octanol–water partition coefficient (Wildman–Crippen LogP) is 2.16. The van der Waals surface area contributed by atoms with E-state index in [1.807, 2.05) is 0 Å². The van der Waals surface area contributed by atoms with Crippen LogP contribution in [-0.4, -0.2) is 29.7 Å². The third-order valence-electron chi connectivity index (χ3n) is 2.69. The first-order chi connectivity index (χ1) is 8.58. The molecule has 6 heteroatoms. The number of rotatable bonds is 3. The van der Waals surface area contributed by atoms with Crippen molar-refractivity contribution in [1.82, 2.24) is 0 Å². The molecule has 0 spiro atoms.